The Labute approximate surface area is 317 Å². The van der Waals surface area contributed by atoms with Crippen LogP contribution in [0.25, 0.3) is 20.5 Å². The topological polar surface area (TPSA) is 55.8 Å². The lowest BCUT2D eigenvalue weighted by atomic mass is 9.54. The molecule has 0 bridgehead atoms. The van der Waals surface area contributed by atoms with E-state index in [0.717, 1.165) is 64.3 Å². The van der Waals surface area contributed by atoms with Crippen molar-refractivity contribution in [1.29, 1.82) is 0 Å². The number of ketones is 1. The molecule has 280 valence electrons. The number of likely N-dealkylation sites (tertiary alicyclic amines) is 1. The number of carbonyl (C=O) groups is 2. The third-order valence-electron chi connectivity index (χ3n) is 12.7. The van der Waals surface area contributed by atoms with E-state index in [2.05, 4.69) is 98.4 Å². The van der Waals surface area contributed by atoms with Gasteiger partial charge in [-0.05, 0) is 109 Å². The number of rotatable bonds is 15. The zero-order valence-electron chi connectivity index (χ0n) is 33.4. The summed E-state index contributed by atoms with van der Waals surface area (Å²) in [6.45, 7) is 26.5. The molecule has 0 aliphatic carbocycles. The average Bonchev–Trinajstić information content (AvgIpc) is 3.47. The van der Waals surface area contributed by atoms with Crippen LogP contribution in [0.5, 0.6) is 11.5 Å². The molecule has 6 heteroatoms. The Morgan fingerprint density at radius 1 is 0.750 bits per heavy atom. The first-order valence-electron chi connectivity index (χ1n) is 19.3. The summed E-state index contributed by atoms with van der Waals surface area (Å²) < 4.78 is 13.0. The molecule has 52 heavy (non-hydrogen) atoms. The summed E-state index contributed by atoms with van der Waals surface area (Å²) in [4.78, 5) is 31.2. The van der Waals surface area contributed by atoms with Gasteiger partial charge in [0.05, 0.1) is 6.42 Å². The van der Waals surface area contributed by atoms with Crippen LogP contribution in [-0.4, -0.2) is 42.9 Å². The van der Waals surface area contributed by atoms with Crippen LogP contribution >= 0.6 is 11.3 Å². The molecule has 1 aliphatic rings. The predicted molar refractivity (Wildman–Crippen MR) is 218 cm³/mol. The van der Waals surface area contributed by atoms with Gasteiger partial charge in [-0.25, -0.2) is 0 Å². The standard InChI is InChI=1S/C46H61NO4S/c1-11-43(3,4)45(7,8)31-46(9,10)44(5,6)30-39(48)51-36-23-24-37-38(29-36)52-42(34-17-15-32(2)16-18-34)40(37)41(49)33-19-21-35(22-20-33)50-28-27-47-25-13-12-14-26-47/h15-24,29H,11-14,25-28,30-31H2,1-10H3. The third kappa shape index (κ3) is 8.99. The van der Waals surface area contributed by atoms with Gasteiger partial charge in [0.1, 0.15) is 18.1 Å². The van der Waals surface area contributed by atoms with E-state index >= 15 is 0 Å². The number of aryl methyl sites for hydroxylation is 1. The average molecular weight is 724 g/mol. The molecule has 0 N–H and O–H groups in total. The Bertz CT molecular complexity index is 1840. The lowest BCUT2D eigenvalue weighted by Gasteiger charge is -2.51. The number of fused-ring (bicyclic) bond motifs is 1. The minimum absolute atomic E-state index is 0.0374. The molecule has 0 unspecified atom stereocenters. The predicted octanol–water partition coefficient (Wildman–Crippen LogP) is 12.2. The maximum atomic E-state index is 14.3. The van der Waals surface area contributed by atoms with E-state index in [4.69, 9.17) is 9.47 Å². The van der Waals surface area contributed by atoms with Gasteiger partial charge >= 0.3 is 5.97 Å². The van der Waals surface area contributed by atoms with Gasteiger partial charge in [-0.1, -0.05) is 105 Å². The van der Waals surface area contributed by atoms with Gasteiger partial charge in [0, 0.05) is 32.6 Å². The Morgan fingerprint density at radius 2 is 1.37 bits per heavy atom. The number of esters is 1. The van der Waals surface area contributed by atoms with Crippen molar-refractivity contribution in [2.24, 2.45) is 21.7 Å². The fourth-order valence-electron chi connectivity index (χ4n) is 7.43. The lowest BCUT2D eigenvalue weighted by molar-refractivity contribution is -0.139. The first-order valence-corrected chi connectivity index (χ1v) is 20.1. The van der Waals surface area contributed by atoms with Gasteiger partial charge in [-0.15, -0.1) is 11.3 Å². The smallest absolute Gasteiger partial charge is 0.311 e. The van der Waals surface area contributed by atoms with E-state index in [1.165, 1.54) is 19.3 Å². The monoisotopic (exact) mass is 723 g/mol. The molecule has 1 saturated heterocycles. The highest BCUT2D eigenvalue weighted by Crippen LogP contribution is 2.54. The molecule has 2 heterocycles. The van der Waals surface area contributed by atoms with Crippen molar-refractivity contribution in [3.05, 3.63) is 83.4 Å². The maximum Gasteiger partial charge on any atom is 0.311 e. The van der Waals surface area contributed by atoms with Gasteiger partial charge in [0.2, 0.25) is 0 Å². The lowest BCUT2D eigenvalue weighted by Crippen LogP contribution is -2.43. The second-order valence-electron chi connectivity index (χ2n) is 17.7. The molecule has 1 aromatic heterocycles. The molecule has 4 aromatic rings. The summed E-state index contributed by atoms with van der Waals surface area (Å²) in [5.41, 5.74) is 3.32. The molecular formula is C46H61NO4S. The number of nitrogens with zero attached hydrogens (tertiary/aromatic N) is 1. The fourth-order valence-corrected chi connectivity index (χ4v) is 8.66. The van der Waals surface area contributed by atoms with E-state index in [9.17, 15) is 9.59 Å². The van der Waals surface area contributed by atoms with Crippen molar-refractivity contribution in [3.63, 3.8) is 0 Å². The van der Waals surface area contributed by atoms with Gasteiger partial charge in [-0.2, -0.15) is 0 Å². The molecule has 0 amide bonds. The van der Waals surface area contributed by atoms with Crippen molar-refractivity contribution < 1.29 is 19.1 Å². The van der Waals surface area contributed by atoms with Crippen LogP contribution in [0.1, 0.15) is 122 Å². The Balaban J connectivity index is 1.35. The van der Waals surface area contributed by atoms with E-state index < -0.39 is 0 Å². The quantitative estimate of drug-likeness (QED) is 0.0694. The SMILES string of the molecule is CCC(C)(C)C(C)(C)CC(C)(C)C(C)(C)CC(=O)Oc1ccc2c(C(=O)c3ccc(OCCN4CCCCC4)cc3)c(-c3ccc(C)cc3)sc2c1. The summed E-state index contributed by atoms with van der Waals surface area (Å²) in [7, 11) is 0. The molecule has 0 saturated carbocycles. The molecule has 1 aliphatic heterocycles. The summed E-state index contributed by atoms with van der Waals surface area (Å²) in [6, 6.07) is 21.5. The first-order chi connectivity index (χ1) is 24.4. The van der Waals surface area contributed by atoms with Crippen LogP contribution in [0.3, 0.4) is 0 Å². The number of hydrogen-bond donors (Lipinski definition) is 0. The summed E-state index contributed by atoms with van der Waals surface area (Å²) in [5.74, 6) is 0.994. The summed E-state index contributed by atoms with van der Waals surface area (Å²) >= 11 is 1.56. The molecule has 5 nitrogen and oxygen atoms in total. The van der Waals surface area contributed by atoms with Gasteiger partial charge < -0.3 is 9.47 Å². The second-order valence-corrected chi connectivity index (χ2v) is 18.7. The maximum absolute atomic E-state index is 14.3. The van der Waals surface area contributed by atoms with E-state index in [1.807, 2.05) is 42.5 Å². The number of ether oxygens (including phenoxy) is 2. The van der Waals surface area contributed by atoms with E-state index in [1.54, 1.807) is 11.3 Å². The van der Waals surface area contributed by atoms with Crippen LogP contribution in [0, 0.1) is 28.6 Å². The fraction of sp³-hybridized carbons (Fsp3) is 0.522. The highest BCUT2D eigenvalue weighted by atomic mass is 32.1. The molecule has 1 fully saturated rings. The Hall–Kier alpha value is -3.48. The number of thiophene rings is 1. The van der Waals surface area contributed by atoms with Gasteiger partial charge in [0.15, 0.2) is 5.78 Å². The zero-order chi connectivity index (χ0) is 37.9. The number of carbonyl (C=O) groups excluding carboxylic acids is 2. The number of hydrogen-bond acceptors (Lipinski definition) is 6. The summed E-state index contributed by atoms with van der Waals surface area (Å²) in [5, 5.41) is 0.856. The summed E-state index contributed by atoms with van der Waals surface area (Å²) in [6.07, 6.45) is 6.25. The van der Waals surface area contributed by atoms with Crippen molar-refractivity contribution in [2.75, 3.05) is 26.2 Å². The van der Waals surface area contributed by atoms with Gasteiger partial charge in [0.25, 0.3) is 0 Å². The van der Waals surface area contributed by atoms with Crippen molar-refractivity contribution in [3.8, 4) is 21.9 Å². The van der Waals surface area contributed by atoms with Crippen molar-refractivity contribution in [1.82, 2.24) is 4.90 Å². The normalized spacial score (nSPS) is 14.8. The minimum atomic E-state index is -0.287. The largest absolute Gasteiger partial charge is 0.492 e. The van der Waals surface area contributed by atoms with E-state index in [-0.39, 0.29) is 33.4 Å². The highest BCUT2D eigenvalue weighted by Gasteiger charge is 2.46. The van der Waals surface area contributed by atoms with Crippen LogP contribution in [-0.2, 0) is 4.79 Å². The van der Waals surface area contributed by atoms with Crippen LogP contribution < -0.4 is 9.47 Å². The molecule has 0 atom stereocenters. The van der Waals surface area contributed by atoms with Crippen molar-refractivity contribution in [2.45, 2.75) is 108 Å². The Kier molecular flexibility index (Phi) is 12.1. The zero-order valence-corrected chi connectivity index (χ0v) is 34.2. The molecule has 3 aromatic carbocycles. The van der Waals surface area contributed by atoms with E-state index in [0.29, 0.717) is 29.9 Å². The molecular weight excluding hydrogens is 663 g/mol. The van der Waals surface area contributed by atoms with Crippen molar-refractivity contribution >= 4 is 33.2 Å². The number of piperidine rings is 1. The third-order valence-corrected chi connectivity index (χ3v) is 13.9. The molecule has 5 rings (SSSR count). The Morgan fingerprint density at radius 3 is 2.00 bits per heavy atom. The van der Waals surface area contributed by atoms with Crippen LogP contribution in [0.4, 0.5) is 0 Å². The second kappa shape index (κ2) is 15.9. The highest BCUT2D eigenvalue weighted by molar-refractivity contribution is 7.22. The number of benzene rings is 3. The molecule has 0 radical (unpaired) electrons. The molecule has 0 spiro atoms. The minimum Gasteiger partial charge on any atom is -0.492 e. The first kappa shape index (κ1) is 39.7. The van der Waals surface area contributed by atoms with Gasteiger partial charge in [-0.3, -0.25) is 14.5 Å². The van der Waals surface area contributed by atoms with Crippen LogP contribution in [0.15, 0.2) is 66.7 Å². The van der Waals surface area contributed by atoms with Crippen LogP contribution in [0.2, 0.25) is 0 Å².